The van der Waals surface area contributed by atoms with Crippen LogP contribution < -0.4 is 10.1 Å². The maximum atomic E-state index is 12.3. The second kappa shape index (κ2) is 9.89. The van der Waals surface area contributed by atoms with Crippen LogP contribution in [0.4, 0.5) is 5.00 Å². The average molecular weight is 389 g/mol. The molecule has 1 aromatic heterocycles. The highest BCUT2D eigenvalue weighted by molar-refractivity contribution is 7.16. The number of aryl methyl sites for hydroxylation is 1. The van der Waals surface area contributed by atoms with Crippen LogP contribution in [-0.2, 0) is 14.3 Å². The van der Waals surface area contributed by atoms with E-state index in [9.17, 15) is 9.59 Å². The Bertz CT molecular complexity index is 824. The van der Waals surface area contributed by atoms with E-state index < -0.39 is 5.97 Å². The SMILES string of the molecule is CCOC(=O)c1c(NC(=O)/C=C/c2ccc(OCOC)cc2)sc(C)c1C. The van der Waals surface area contributed by atoms with E-state index >= 15 is 0 Å². The van der Waals surface area contributed by atoms with Crippen molar-refractivity contribution in [3.05, 3.63) is 51.9 Å². The van der Waals surface area contributed by atoms with Gasteiger partial charge in [-0.1, -0.05) is 12.1 Å². The summed E-state index contributed by atoms with van der Waals surface area (Å²) in [6.45, 7) is 5.96. The number of nitrogens with one attached hydrogen (secondary N) is 1. The van der Waals surface area contributed by atoms with Gasteiger partial charge in [0.25, 0.3) is 0 Å². The summed E-state index contributed by atoms with van der Waals surface area (Å²) in [5, 5.41) is 3.27. The molecular weight excluding hydrogens is 366 g/mol. The first-order valence-electron chi connectivity index (χ1n) is 8.44. The molecule has 0 saturated heterocycles. The van der Waals surface area contributed by atoms with Gasteiger partial charge in [-0.25, -0.2) is 4.79 Å². The first-order valence-corrected chi connectivity index (χ1v) is 9.25. The van der Waals surface area contributed by atoms with Crippen molar-refractivity contribution in [2.24, 2.45) is 0 Å². The molecule has 1 aromatic carbocycles. The Balaban J connectivity index is 2.06. The number of hydrogen-bond donors (Lipinski definition) is 1. The van der Waals surface area contributed by atoms with Crippen molar-refractivity contribution in [1.82, 2.24) is 0 Å². The van der Waals surface area contributed by atoms with Crippen molar-refractivity contribution in [3.63, 3.8) is 0 Å². The standard InChI is InChI=1S/C20H23NO5S/c1-5-25-20(23)18-13(2)14(3)27-19(18)21-17(22)11-8-15-6-9-16(10-7-15)26-12-24-4/h6-11H,5,12H2,1-4H3,(H,21,22)/b11-8+. The fourth-order valence-corrected chi connectivity index (χ4v) is 3.34. The summed E-state index contributed by atoms with van der Waals surface area (Å²) in [5.74, 6) is -0.0612. The summed E-state index contributed by atoms with van der Waals surface area (Å²) in [5.41, 5.74) is 2.09. The average Bonchev–Trinajstić information content (AvgIpc) is 2.93. The third kappa shape index (κ3) is 5.67. The molecule has 2 rings (SSSR count). The number of esters is 1. The minimum absolute atomic E-state index is 0.181. The van der Waals surface area contributed by atoms with E-state index in [1.165, 1.54) is 17.4 Å². The molecule has 0 aliphatic carbocycles. The molecule has 0 spiro atoms. The zero-order valence-corrected chi connectivity index (χ0v) is 16.6. The van der Waals surface area contributed by atoms with Crippen molar-refractivity contribution in [2.75, 3.05) is 25.8 Å². The topological polar surface area (TPSA) is 73.9 Å². The minimum Gasteiger partial charge on any atom is -0.468 e. The van der Waals surface area contributed by atoms with E-state index in [2.05, 4.69) is 5.32 Å². The monoisotopic (exact) mass is 389 g/mol. The Morgan fingerprint density at radius 3 is 2.52 bits per heavy atom. The lowest BCUT2D eigenvalue weighted by Crippen LogP contribution is -2.12. The summed E-state index contributed by atoms with van der Waals surface area (Å²) in [7, 11) is 1.56. The molecule has 27 heavy (non-hydrogen) atoms. The lowest BCUT2D eigenvalue weighted by molar-refractivity contribution is -0.111. The number of anilines is 1. The van der Waals surface area contributed by atoms with Crippen molar-refractivity contribution in [1.29, 1.82) is 0 Å². The van der Waals surface area contributed by atoms with Crippen LogP contribution in [0.2, 0.25) is 0 Å². The van der Waals surface area contributed by atoms with E-state index in [0.717, 1.165) is 16.0 Å². The highest BCUT2D eigenvalue weighted by atomic mass is 32.1. The predicted octanol–water partition coefficient (Wildman–Crippen LogP) is 4.18. The Hall–Kier alpha value is -2.64. The maximum Gasteiger partial charge on any atom is 0.341 e. The lowest BCUT2D eigenvalue weighted by atomic mass is 10.1. The quantitative estimate of drug-likeness (QED) is 0.417. The fraction of sp³-hybridized carbons (Fsp3) is 0.300. The van der Waals surface area contributed by atoms with Crippen LogP contribution in [0.3, 0.4) is 0 Å². The zero-order chi connectivity index (χ0) is 19.8. The molecule has 1 heterocycles. The summed E-state index contributed by atoms with van der Waals surface area (Å²) < 4.78 is 15.2. The number of hydrogen-bond acceptors (Lipinski definition) is 6. The van der Waals surface area contributed by atoms with Gasteiger partial charge in [0.1, 0.15) is 10.8 Å². The molecule has 144 valence electrons. The third-order valence-corrected chi connectivity index (χ3v) is 4.87. The van der Waals surface area contributed by atoms with Crippen LogP contribution in [-0.4, -0.2) is 32.4 Å². The van der Waals surface area contributed by atoms with Gasteiger partial charge in [-0.05, 0) is 50.1 Å². The van der Waals surface area contributed by atoms with Gasteiger partial charge in [-0.2, -0.15) is 0 Å². The van der Waals surface area contributed by atoms with Crippen LogP contribution >= 0.6 is 11.3 Å². The van der Waals surface area contributed by atoms with Crippen LogP contribution in [0.15, 0.2) is 30.3 Å². The van der Waals surface area contributed by atoms with Gasteiger partial charge in [0.15, 0.2) is 6.79 Å². The highest BCUT2D eigenvalue weighted by Gasteiger charge is 2.21. The van der Waals surface area contributed by atoms with Crippen LogP contribution in [0.5, 0.6) is 5.75 Å². The number of thiophene rings is 1. The van der Waals surface area contributed by atoms with Crippen molar-refractivity contribution < 1.29 is 23.8 Å². The summed E-state index contributed by atoms with van der Waals surface area (Å²) in [6, 6.07) is 7.25. The van der Waals surface area contributed by atoms with Crippen molar-refractivity contribution in [2.45, 2.75) is 20.8 Å². The smallest absolute Gasteiger partial charge is 0.341 e. The van der Waals surface area contributed by atoms with E-state index in [0.29, 0.717) is 16.3 Å². The fourth-order valence-electron chi connectivity index (χ4n) is 2.29. The summed E-state index contributed by atoms with van der Waals surface area (Å²) in [6.07, 6.45) is 3.11. The third-order valence-electron chi connectivity index (χ3n) is 3.75. The van der Waals surface area contributed by atoms with Gasteiger partial charge in [0.2, 0.25) is 5.91 Å². The van der Waals surface area contributed by atoms with E-state index in [1.54, 1.807) is 32.2 Å². The number of amides is 1. The van der Waals surface area contributed by atoms with Gasteiger partial charge >= 0.3 is 5.97 Å². The molecule has 0 fully saturated rings. The van der Waals surface area contributed by atoms with E-state index in [4.69, 9.17) is 14.2 Å². The molecule has 0 aliphatic heterocycles. The molecule has 0 saturated carbocycles. The molecule has 1 amide bonds. The second-order valence-electron chi connectivity index (χ2n) is 5.65. The van der Waals surface area contributed by atoms with Gasteiger partial charge in [0.05, 0.1) is 12.2 Å². The predicted molar refractivity (Wildman–Crippen MR) is 106 cm³/mol. The summed E-state index contributed by atoms with van der Waals surface area (Å²) >= 11 is 1.36. The van der Waals surface area contributed by atoms with Gasteiger partial charge in [0, 0.05) is 18.1 Å². The highest BCUT2D eigenvalue weighted by Crippen LogP contribution is 2.33. The largest absolute Gasteiger partial charge is 0.468 e. The first kappa shape index (κ1) is 20.7. The number of methoxy groups -OCH3 is 1. The number of benzene rings is 1. The van der Waals surface area contributed by atoms with Crippen LogP contribution in [0, 0.1) is 13.8 Å². The first-order chi connectivity index (χ1) is 13.0. The Labute approximate surface area is 162 Å². The number of carbonyl (C=O) groups is 2. The Morgan fingerprint density at radius 2 is 1.89 bits per heavy atom. The Morgan fingerprint density at radius 1 is 1.19 bits per heavy atom. The van der Waals surface area contributed by atoms with Gasteiger partial charge < -0.3 is 19.5 Å². The molecule has 0 atom stereocenters. The van der Waals surface area contributed by atoms with Crippen LogP contribution in [0.1, 0.15) is 33.3 Å². The van der Waals surface area contributed by atoms with Crippen LogP contribution in [0.25, 0.3) is 6.08 Å². The van der Waals surface area contributed by atoms with Gasteiger partial charge in [-0.3, -0.25) is 4.79 Å². The minimum atomic E-state index is -0.426. The Kier molecular flexibility index (Phi) is 7.57. The molecule has 0 radical (unpaired) electrons. The lowest BCUT2D eigenvalue weighted by Gasteiger charge is -2.06. The molecule has 0 aliphatic rings. The number of carbonyl (C=O) groups excluding carboxylic acids is 2. The number of ether oxygens (including phenoxy) is 3. The zero-order valence-electron chi connectivity index (χ0n) is 15.8. The van der Waals surface area contributed by atoms with Crippen molar-refractivity contribution >= 4 is 34.3 Å². The van der Waals surface area contributed by atoms with E-state index in [-0.39, 0.29) is 19.3 Å². The molecule has 1 N–H and O–H groups in total. The van der Waals surface area contributed by atoms with Crippen molar-refractivity contribution in [3.8, 4) is 5.75 Å². The van der Waals surface area contributed by atoms with Gasteiger partial charge in [-0.15, -0.1) is 11.3 Å². The molecule has 0 bridgehead atoms. The normalized spacial score (nSPS) is 10.8. The molecule has 7 heteroatoms. The molecule has 2 aromatic rings. The number of rotatable bonds is 8. The molecule has 0 unspecified atom stereocenters. The molecule has 6 nitrogen and oxygen atoms in total. The second-order valence-corrected chi connectivity index (χ2v) is 6.88. The molecular formula is C20H23NO5S. The summed E-state index contributed by atoms with van der Waals surface area (Å²) in [4.78, 5) is 25.4. The maximum absolute atomic E-state index is 12.3. The van der Waals surface area contributed by atoms with E-state index in [1.807, 2.05) is 26.0 Å².